The Hall–Kier alpha value is -1.88. The molecule has 0 saturated carbocycles. The van der Waals surface area contributed by atoms with Crippen LogP contribution in [-0.4, -0.2) is 34.6 Å². The van der Waals surface area contributed by atoms with E-state index in [0.29, 0.717) is 11.1 Å². The van der Waals surface area contributed by atoms with Crippen molar-refractivity contribution < 1.29 is 14.7 Å². The summed E-state index contributed by atoms with van der Waals surface area (Å²) in [6, 6.07) is 6.51. The molecular weight excluding hydrogens is 268 g/mol. The molecule has 116 valence electrons. The maximum Gasteiger partial charge on any atom is 0.251 e. The van der Waals surface area contributed by atoms with E-state index < -0.39 is 5.54 Å². The van der Waals surface area contributed by atoms with E-state index in [2.05, 4.69) is 10.6 Å². The molecule has 0 fully saturated rings. The number of aliphatic hydroxyl groups excluding tert-OH is 1. The molecule has 0 spiro atoms. The van der Waals surface area contributed by atoms with E-state index in [1.165, 1.54) is 0 Å². The van der Waals surface area contributed by atoms with E-state index in [4.69, 9.17) is 0 Å². The van der Waals surface area contributed by atoms with Gasteiger partial charge in [0, 0.05) is 16.7 Å². The van der Waals surface area contributed by atoms with Gasteiger partial charge in [-0.15, -0.1) is 0 Å². The summed E-state index contributed by atoms with van der Waals surface area (Å²) in [5.41, 5.74) is -0.230. The minimum Gasteiger partial charge on any atom is -0.394 e. The Morgan fingerprint density at radius 1 is 1.00 bits per heavy atom. The van der Waals surface area contributed by atoms with E-state index in [1.807, 2.05) is 20.8 Å². The molecule has 0 heterocycles. The maximum atomic E-state index is 12.1. The molecule has 1 aromatic carbocycles. The third-order valence-corrected chi connectivity index (χ3v) is 2.72. The highest BCUT2D eigenvalue weighted by Gasteiger charge is 2.21. The Morgan fingerprint density at radius 2 is 1.48 bits per heavy atom. The molecule has 2 amide bonds. The van der Waals surface area contributed by atoms with Crippen LogP contribution in [0.4, 0.5) is 0 Å². The fourth-order valence-corrected chi connectivity index (χ4v) is 1.63. The summed E-state index contributed by atoms with van der Waals surface area (Å²) in [6.45, 7) is 8.97. The molecule has 3 N–H and O–H groups in total. The molecule has 0 unspecified atom stereocenters. The van der Waals surface area contributed by atoms with E-state index in [9.17, 15) is 14.7 Å². The summed E-state index contributed by atoms with van der Waals surface area (Å²) in [7, 11) is 0. The smallest absolute Gasteiger partial charge is 0.251 e. The average molecular weight is 292 g/mol. The van der Waals surface area contributed by atoms with Gasteiger partial charge in [0.1, 0.15) is 0 Å². The standard InChI is InChI=1S/C16H24N2O3/c1-15(2,3)17-13(20)11-7-6-8-12(9-11)14(21)18-16(4,5)10-19/h6-9,19H,10H2,1-5H3,(H,17,20)(H,18,21). The first-order valence-electron chi connectivity index (χ1n) is 6.90. The first-order chi connectivity index (χ1) is 9.54. The van der Waals surface area contributed by atoms with Gasteiger partial charge >= 0.3 is 0 Å². The molecule has 0 atom stereocenters. The number of carbonyl (C=O) groups excluding carboxylic acids is 2. The fourth-order valence-electron chi connectivity index (χ4n) is 1.63. The summed E-state index contributed by atoms with van der Waals surface area (Å²) >= 11 is 0. The highest BCUT2D eigenvalue weighted by molar-refractivity contribution is 6.00. The number of rotatable bonds is 4. The zero-order valence-electron chi connectivity index (χ0n) is 13.3. The van der Waals surface area contributed by atoms with Gasteiger partial charge in [-0.1, -0.05) is 6.07 Å². The number of hydrogen-bond acceptors (Lipinski definition) is 3. The second-order valence-electron chi connectivity index (χ2n) is 6.78. The van der Waals surface area contributed by atoms with Crippen molar-refractivity contribution in [3.05, 3.63) is 35.4 Å². The van der Waals surface area contributed by atoms with Crippen LogP contribution in [0.2, 0.25) is 0 Å². The normalized spacial score (nSPS) is 11.9. The van der Waals surface area contributed by atoms with Crippen LogP contribution in [-0.2, 0) is 0 Å². The van der Waals surface area contributed by atoms with Gasteiger partial charge in [-0.2, -0.15) is 0 Å². The van der Waals surface area contributed by atoms with Gasteiger partial charge in [0.05, 0.1) is 12.1 Å². The summed E-state index contributed by atoms with van der Waals surface area (Å²) in [5, 5.41) is 14.7. The van der Waals surface area contributed by atoms with Gasteiger partial charge in [0.2, 0.25) is 0 Å². The van der Waals surface area contributed by atoms with Crippen LogP contribution in [0.3, 0.4) is 0 Å². The first-order valence-corrected chi connectivity index (χ1v) is 6.90. The second kappa shape index (κ2) is 6.26. The van der Waals surface area contributed by atoms with Crippen molar-refractivity contribution in [1.29, 1.82) is 0 Å². The van der Waals surface area contributed by atoms with Gasteiger partial charge in [-0.3, -0.25) is 9.59 Å². The molecule has 0 radical (unpaired) electrons. The third-order valence-electron chi connectivity index (χ3n) is 2.72. The SMILES string of the molecule is CC(C)(C)NC(=O)c1cccc(C(=O)NC(C)(C)CO)c1. The number of amides is 2. The Balaban J connectivity index is 2.91. The lowest BCUT2D eigenvalue weighted by atomic mass is 10.0. The molecule has 0 saturated heterocycles. The number of benzene rings is 1. The molecule has 5 nitrogen and oxygen atoms in total. The molecule has 0 aliphatic rings. The van der Waals surface area contributed by atoms with Crippen LogP contribution in [0.25, 0.3) is 0 Å². The molecule has 0 aliphatic heterocycles. The summed E-state index contributed by atoms with van der Waals surface area (Å²) in [6.07, 6.45) is 0. The summed E-state index contributed by atoms with van der Waals surface area (Å²) < 4.78 is 0. The quantitative estimate of drug-likeness (QED) is 0.790. The monoisotopic (exact) mass is 292 g/mol. The lowest BCUT2D eigenvalue weighted by molar-refractivity contribution is 0.0869. The zero-order chi connectivity index (χ0) is 16.3. The van der Waals surface area contributed by atoms with Gasteiger partial charge in [-0.05, 0) is 52.8 Å². The Bertz CT molecular complexity index is 531. The summed E-state index contributed by atoms with van der Waals surface area (Å²) in [5.74, 6) is -0.543. The Labute approximate surface area is 125 Å². The average Bonchev–Trinajstić information content (AvgIpc) is 2.36. The minimum absolute atomic E-state index is 0.164. The van der Waals surface area contributed by atoms with Crippen molar-refractivity contribution in [2.24, 2.45) is 0 Å². The van der Waals surface area contributed by atoms with Crippen molar-refractivity contribution in [2.75, 3.05) is 6.61 Å². The molecule has 1 aromatic rings. The molecule has 0 bridgehead atoms. The van der Waals surface area contributed by atoms with E-state index in [1.54, 1.807) is 38.1 Å². The van der Waals surface area contributed by atoms with E-state index in [0.717, 1.165) is 0 Å². The number of hydrogen-bond donors (Lipinski definition) is 3. The van der Waals surface area contributed by atoms with Crippen molar-refractivity contribution in [3.8, 4) is 0 Å². The molecule has 21 heavy (non-hydrogen) atoms. The molecule has 0 aliphatic carbocycles. The molecular formula is C16H24N2O3. The molecule has 0 aromatic heterocycles. The minimum atomic E-state index is -0.708. The van der Waals surface area contributed by atoms with Gasteiger partial charge in [-0.25, -0.2) is 0 Å². The van der Waals surface area contributed by atoms with Crippen molar-refractivity contribution in [1.82, 2.24) is 10.6 Å². The highest BCUT2D eigenvalue weighted by atomic mass is 16.3. The van der Waals surface area contributed by atoms with Crippen LogP contribution >= 0.6 is 0 Å². The van der Waals surface area contributed by atoms with Crippen LogP contribution in [0.15, 0.2) is 24.3 Å². The second-order valence-corrected chi connectivity index (χ2v) is 6.78. The summed E-state index contributed by atoms with van der Waals surface area (Å²) in [4.78, 5) is 24.2. The highest BCUT2D eigenvalue weighted by Crippen LogP contribution is 2.10. The first kappa shape index (κ1) is 17.2. The third kappa shape index (κ3) is 5.55. The van der Waals surface area contributed by atoms with Crippen molar-refractivity contribution in [3.63, 3.8) is 0 Å². The lowest BCUT2D eigenvalue weighted by Crippen LogP contribution is -2.46. The molecule has 1 rings (SSSR count). The number of carbonyl (C=O) groups is 2. The van der Waals surface area contributed by atoms with Gasteiger partial charge in [0.15, 0.2) is 0 Å². The Morgan fingerprint density at radius 3 is 1.90 bits per heavy atom. The van der Waals surface area contributed by atoms with Crippen molar-refractivity contribution >= 4 is 11.8 Å². The van der Waals surface area contributed by atoms with E-state index in [-0.39, 0.29) is 24.0 Å². The van der Waals surface area contributed by atoms with Crippen molar-refractivity contribution in [2.45, 2.75) is 45.7 Å². The lowest BCUT2D eigenvalue weighted by Gasteiger charge is -2.23. The van der Waals surface area contributed by atoms with Crippen LogP contribution in [0.1, 0.15) is 55.3 Å². The topological polar surface area (TPSA) is 78.4 Å². The van der Waals surface area contributed by atoms with Crippen LogP contribution in [0.5, 0.6) is 0 Å². The number of aliphatic hydroxyl groups is 1. The fraction of sp³-hybridized carbons (Fsp3) is 0.500. The Kier molecular flexibility index (Phi) is 5.12. The zero-order valence-corrected chi connectivity index (χ0v) is 13.3. The predicted octanol–water partition coefficient (Wildman–Crippen LogP) is 1.72. The predicted molar refractivity (Wildman–Crippen MR) is 82.3 cm³/mol. The van der Waals surface area contributed by atoms with E-state index >= 15 is 0 Å². The van der Waals surface area contributed by atoms with Crippen LogP contribution in [0, 0.1) is 0 Å². The largest absolute Gasteiger partial charge is 0.394 e. The molecule has 5 heteroatoms. The van der Waals surface area contributed by atoms with Gasteiger partial charge < -0.3 is 15.7 Å². The maximum absolute atomic E-state index is 12.1. The van der Waals surface area contributed by atoms with Crippen LogP contribution < -0.4 is 10.6 Å². The van der Waals surface area contributed by atoms with Gasteiger partial charge in [0.25, 0.3) is 11.8 Å². The number of nitrogens with one attached hydrogen (secondary N) is 2.